The number of amides is 1. The Morgan fingerprint density at radius 1 is 1.45 bits per heavy atom. The topological polar surface area (TPSA) is 67.2 Å². The number of para-hydroxylation sites is 1. The van der Waals surface area contributed by atoms with E-state index in [2.05, 4.69) is 10.4 Å². The van der Waals surface area contributed by atoms with Gasteiger partial charge in [0.05, 0.1) is 11.1 Å². The van der Waals surface area contributed by atoms with Gasteiger partial charge >= 0.3 is 0 Å². The molecule has 0 fully saturated rings. The Hall–Kier alpha value is -1.88. The molecule has 0 radical (unpaired) electrons. The molecule has 1 atom stereocenters. The fourth-order valence-corrected chi connectivity index (χ4v) is 2.36. The number of fused-ring (bicyclic) bond motifs is 1. The lowest BCUT2D eigenvalue weighted by molar-refractivity contribution is 0.0468. The molecule has 2 N–H and O–H groups in total. The van der Waals surface area contributed by atoms with E-state index in [1.54, 1.807) is 11.6 Å². The minimum atomic E-state index is -0.880. The Morgan fingerprint density at radius 3 is 2.85 bits per heavy atom. The number of hydrogen-bond donors (Lipinski definition) is 2. The van der Waals surface area contributed by atoms with Crippen LogP contribution in [0.2, 0.25) is 0 Å². The molecule has 1 unspecified atom stereocenters. The molecule has 1 amide bonds. The Kier molecular flexibility index (Phi) is 4.09. The maximum atomic E-state index is 12.2. The van der Waals surface area contributed by atoms with Crippen molar-refractivity contribution in [2.45, 2.75) is 32.3 Å². The normalized spacial score (nSPS) is 14.2. The second kappa shape index (κ2) is 5.63. The van der Waals surface area contributed by atoms with E-state index in [0.29, 0.717) is 12.1 Å². The fraction of sp³-hybridized carbons (Fsp3) is 0.467. The zero-order valence-electron chi connectivity index (χ0n) is 12.2. The maximum Gasteiger partial charge on any atom is 0.272 e. The molecule has 0 aliphatic carbocycles. The Balaban J connectivity index is 2.16. The van der Waals surface area contributed by atoms with E-state index in [4.69, 9.17) is 0 Å². The predicted octanol–water partition coefficient (Wildman–Crippen LogP) is 1.85. The van der Waals surface area contributed by atoms with Gasteiger partial charge in [0.2, 0.25) is 0 Å². The third kappa shape index (κ3) is 2.99. The van der Waals surface area contributed by atoms with Gasteiger partial charge in [0.1, 0.15) is 0 Å². The minimum absolute atomic E-state index is 0.227. The number of nitrogens with one attached hydrogen (secondary N) is 1. The van der Waals surface area contributed by atoms with Crippen molar-refractivity contribution in [3.05, 3.63) is 30.0 Å². The number of hydrogen-bond acceptors (Lipinski definition) is 3. The maximum absolute atomic E-state index is 12.2. The van der Waals surface area contributed by atoms with Gasteiger partial charge in [-0.05, 0) is 19.4 Å². The summed E-state index contributed by atoms with van der Waals surface area (Å²) in [5.74, 6) is -0.252. The molecular formula is C15H21N3O2. The zero-order chi connectivity index (χ0) is 14.8. The highest BCUT2D eigenvalue weighted by Gasteiger charge is 2.22. The standard InChI is InChI=1S/C15H21N3O2/c1-4-9-15(2,20)10-16-14(19)13-11-7-5-6-8-12(11)18(3)17-13/h5-8,20H,4,9-10H2,1-3H3,(H,16,19). The molecule has 0 spiro atoms. The number of carbonyl (C=O) groups is 1. The Labute approximate surface area is 118 Å². The number of aromatic nitrogens is 2. The summed E-state index contributed by atoms with van der Waals surface area (Å²) in [4.78, 5) is 12.2. The smallest absolute Gasteiger partial charge is 0.272 e. The van der Waals surface area contributed by atoms with E-state index in [-0.39, 0.29) is 12.5 Å². The van der Waals surface area contributed by atoms with Gasteiger partial charge in [0, 0.05) is 19.0 Å². The molecule has 0 aliphatic heterocycles. The van der Waals surface area contributed by atoms with Gasteiger partial charge in [-0.3, -0.25) is 9.48 Å². The van der Waals surface area contributed by atoms with Crippen LogP contribution >= 0.6 is 0 Å². The van der Waals surface area contributed by atoms with Crippen molar-refractivity contribution in [3.63, 3.8) is 0 Å². The van der Waals surface area contributed by atoms with Crippen molar-refractivity contribution in [1.82, 2.24) is 15.1 Å². The minimum Gasteiger partial charge on any atom is -0.388 e. The molecule has 5 heteroatoms. The summed E-state index contributed by atoms with van der Waals surface area (Å²) in [6.07, 6.45) is 1.52. The van der Waals surface area contributed by atoms with Crippen molar-refractivity contribution in [2.75, 3.05) is 6.54 Å². The molecule has 20 heavy (non-hydrogen) atoms. The van der Waals surface area contributed by atoms with Crippen LogP contribution in [-0.2, 0) is 7.05 Å². The first-order valence-electron chi connectivity index (χ1n) is 6.87. The molecule has 1 heterocycles. The predicted molar refractivity (Wildman–Crippen MR) is 78.6 cm³/mol. The molecule has 1 aromatic heterocycles. The van der Waals surface area contributed by atoms with Crippen molar-refractivity contribution in [1.29, 1.82) is 0 Å². The van der Waals surface area contributed by atoms with Gasteiger partial charge in [-0.1, -0.05) is 31.5 Å². The highest BCUT2D eigenvalue weighted by atomic mass is 16.3. The monoisotopic (exact) mass is 275 g/mol. The first-order valence-corrected chi connectivity index (χ1v) is 6.87. The zero-order valence-corrected chi connectivity index (χ0v) is 12.2. The molecule has 0 aliphatic rings. The third-order valence-electron chi connectivity index (χ3n) is 3.39. The SMILES string of the molecule is CCCC(C)(O)CNC(=O)c1nn(C)c2ccccc12. The quantitative estimate of drug-likeness (QED) is 0.875. The van der Waals surface area contributed by atoms with Gasteiger partial charge in [-0.25, -0.2) is 0 Å². The first-order chi connectivity index (χ1) is 9.44. The Morgan fingerprint density at radius 2 is 2.15 bits per heavy atom. The number of rotatable bonds is 5. The third-order valence-corrected chi connectivity index (χ3v) is 3.39. The second-order valence-corrected chi connectivity index (χ2v) is 5.42. The molecule has 0 saturated heterocycles. The fourth-order valence-electron chi connectivity index (χ4n) is 2.36. The van der Waals surface area contributed by atoms with Crippen LogP contribution in [0.5, 0.6) is 0 Å². The van der Waals surface area contributed by atoms with Crippen LogP contribution in [0.25, 0.3) is 10.9 Å². The van der Waals surface area contributed by atoms with E-state index >= 15 is 0 Å². The summed E-state index contributed by atoms with van der Waals surface area (Å²) in [6.45, 7) is 3.96. The summed E-state index contributed by atoms with van der Waals surface area (Å²) in [7, 11) is 1.81. The largest absolute Gasteiger partial charge is 0.388 e. The van der Waals surface area contributed by atoms with Crippen molar-refractivity contribution in [2.24, 2.45) is 7.05 Å². The molecule has 2 rings (SSSR count). The van der Waals surface area contributed by atoms with E-state index < -0.39 is 5.60 Å². The number of aryl methyl sites for hydroxylation is 1. The van der Waals surface area contributed by atoms with Crippen LogP contribution in [0.3, 0.4) is 0 Å². The molecule has 2 aromatic rings. The van der Waals surface area contributed by atoms with Crippen molar-refractivity contribution < 1.29 is 9.90 Å². The summed E-state index contributed by atoms with van der Waals surface area (Å²) < 4.78 is 1.69. The van der Waals surface area contributed by atoms with Gasteiger partial charge in [-0.2, -0.15) is 5.10 Å². The average Bonchev–Trinajstić information content (AvgIpc) is 2.74. The van der Waals surface area contributed by atoms with E-state index in [0.717, 1.165) is 17.3 Å². The van der Waals surface area contributed by atoms with Crippen molar-refractivity contribution in [3.8, 4) is 0 Å². The molecule has 0 saturated carbocycles. The van der Waals surface area contributed by atoms with Gasteiger partial charge < -0.3 is 10.4 Å². The lowest BCUT2D eigenvalue weighted by Crippen LogP contribution is -2.40. The summed E-state index contributed by atoms with van der Waals surface area (Å²) in [5, 5.41) is 17.9. The highest BCUT2D eigenvalue weighted by molar-refractivity contribution is 6.04. The molecule has 1 aromatic carbocycles. The summed E-state index contributed by atoms with van der Waals surface area (Å²) in [5.41, 5.74) is 0.433. The lowest BCUT2D eigenvalue weighted by atomic mass is 10.0. The molecular weight excluding hydrogens is 254 g/mol. The second-order valence-electron chi connectivity index (χ2n) is 5.42. The van der Waals surface area contributed by atoms with E-state index in [9.17, 15) is 9.90 Å². The highest BCUT2D eigenvalue weighted by Crippen LogP contribution is 2.17. The number of carbonyl (C=O) groups excluding carboxylic acids is 1. The van der Waals surface area contributed by atoms with E-state index in [1.807, 2.05) is 38.2 Å². The average molecular weight is 275 g/mol. The van der Waals surface area contributed by atoms with Gasteiger partial charge in [-0.15, -0.1) is 0 Å². The summed E-state index contributed by atoms with van der Waals surface area (Å²) >= 11 is 0. The van der Waals surface area contributed by atoms with Crippen LogP contribution in [0, 0.1) is 0 Å². The molecule has 0 bridgehead atoms. The first kappa shape index (κ1) is 14.5. The molecule has 5 nitrogen and oxygen atoms in total. The molecule has 108 valence electrons. The summed E-state index contributed by atoms with van der Waals surface area (Å²) in [6, 6.07) is 7.60. The Bertz CT molecular complexity index is 617. The van der Waals surface area contributed by atoms with Crippen LogP contribution in [0.4, 0.5) is 0 Å². The van der Waals surface area contributed by atoms with Crippen molar-refractivity contribution >= 4 is 16.8 Å². The van der Waals surface area contributed by atoms with Crippen LogP contribution in [-0.4, -0.2) is 32.9 Å². The van der Waals surface area contributed by atoms with Gasteiger partial charge in [0.25, 0.3) is 5.91 Å². The van der Waals surface area contributed by atoms with Crippen LogP contribution in [0.15, 0.2) is 24.3 Å². The lowest BCUT2D eigenvalue weighted by Gasteiger charge is -2.22. The number of benzene rings is 1. The van der Waals surface area contributed by atoms with Crippen LogP contribution < -0.4 is 5.32 Å². The number of nitrogens with zero attached hydrogens (tertiary/aromatic N) is 2. The van der Waals surface area contributed by atoms with Gasteiger partial charge in [0.15, 0.2) is 5.69 Å². The number of aliphatic hydroxyl groups is 1. The van der Waals surface area contributed by atoms with E-state index in [1.165, 1.54) is 0 Å². The van der Waals surface area contributed by atoms with Crippen LogP contribution in [0.1, 0.15) is 37.2 Å².